The summed E-state index contributed by atoms with van der Waals surface area (Å²) in [5, 5.41) is 1.10. The quantitative estimate of drug-likeness (QED) is 0.187. The Labute approximate surface area is 321 Å². The van der Waals surface area contributed by atoms with Crippen molar-refractivity contribution in [2.75, 3.05) is 6.54 Å². The zero-order valence-corrected chi connectivity index (χ0v) is 32.8. The fourth-order valence-corrected chi connectivity index (χ4v) is 9.20. The van der Waals surface area contributed by atoms with Gasteiger partial charge in [0.25, 0.3) is 0 Å². The topological polar surface area (TPSA) is 131 Å². The number of piperidine rings is 2. The molecule has 0 spiro atoms. The molecule has 5 aromatic rings. The third-order valence-electron chi connectivity index (χ3n) is 11.5. The molecule has 5 aliphatic rings. The minimum absolute atomic E-state index is 0.131. The number of ether oxygens (including phenoxy) is 3. The largest absolute Gasteiger partial charge is 0.470 e. The van der Waals surface area contributed by atoms with Gasteiger partial charge in [0.15, 0.2) is 6.23 Å². The van der Waals surface area contributed by atoms with Crippen LogP contribution in [0.15, 0.2) is 54.9 Å². The Balaban J connectivity index is 0.973. The number of fused-ring (bicyclic) bond motifs is 8. The summed E-state index contributed by atoms with van der Waals surface area (Å²) in [6.07, 6.45) is 8.88. The number of benzene rings is 2. The summed E-state index contributed by atoms with van der Waals surface area (Å²) in [4.78, 5) is 46.8. The number of nitrogens with one attached hydrogen (secondary N) is 2. The zero-order valence-electron chi connectivity index (χ0n) is 32.8. The highest BCUT2D eigenvalue weighted by atomic mass is 16.6. The molecule has 1 unspecified atom stereocenters. The van der Waals surface area contributed by atoms with Crippen LogP contribution in [0, 0.1) is 5.92 Å². The SMILES string of the molecule is CC1Oc2cc(-c3cnc([C@@H]4C5CCC(CC5)N4C(=O)OC(C)(C)C)[nH]3)ccc2-c2cc3cc(-c4cnc([C@@H]5CCCN5C(=O)OC(C)(C)C)[nH]4)ccc3n21. The Morgan fingerprint density at radius 2 is 1.45 bits per heavy atom. The average Bonchev–Trinajstić information content (AvgIpc) is 3.95. The van der Waals surface area contributed by atoms with E-state index in [1.54, 1.807) is 4.90 Å². The van der Waals surface area contributed by atoms with Gasteiger partial charge < -0.3 is 28.7 Å². The standard InChI is InChI=1S/C43H51N7O5/c1-24-49-33-17-13-26(31-22-44-38(46-31)34-9-8-18-48(34)40(51)54-42(2,3)4)19-28(33)20-35(49)30-16-12-27(21-36(30)53-24)32-23-45-39(47-32)37-25-10-14-29(15-11-25)50(37)41(52)55-43(5,6)7/h12-13,16-17,19-25,29,34,37H,8-11,14-15,18H2,1-7H3,(H,44,46)(H,45,47)/t24?,25?,29?,34-,37-/m0/s1. The lowest BCUT2D eigenvalue weighted by Crippen LogP contribution is -2.54. The molecule has 12 heteroatoms. The maximum absolute atomic E-state index is 13.5. The van der Waals surface area contributed by atoms with Crippen LogP contribution in [-0.2, 0) is 9.47 Å². The van der Waals surface area contributed by atoms with E-state index >= 15 is 0 Å². The van der Waals surface area contributed by atoms with E-state index in [9.17, 15) is 9.59 Å². The van der Waals surface area contributed by atoms with E-state index in [2.05, 4.69) is 63.9 Å². The Morgan fingerprint density at radius 1 is 0.800 bits per heavy atom. The van der Waals surface area contributed by atoms with Gasteiger partial charge in [-0.3, -0.25) is 9.80 Å². The number of carbonyl (C=O) groups is 2. The molecule has 4 fully saturated rings. The molecule has 2 N–H and O–H groups in total. The predicted octanol–water partition coefficient (Wildman–Crippen LogP) is 9.92. The summed E-state index contributed by atoms with van der Waals surface area (Å²) in [5.74, 6) is 2.75. The smallest absolute Gasteiger partial charge is 0.411 e. The molecular weight excluding hydrogens is 695 g/mol. The number of hydrogen-bond donors (Lipinski definition) is 2. The van der Waals surface area contributed by atoms with E-state index in [-0.39, 0.29) is 36.5 Å². The first-order chi connectivity index (χ1) is 26.2. The van der Waals surface area contributed by atoms with E-state index in [0.29, 0.717) is 12.5 Å². The van der Waals surface area contributed by atoms with Crippen molar-refractivity contribution in [3.8, 4) is 39.5 Å². The molecule has 4 aliphatic heterocycles. The van der Waals surface area contributed by atoms with Crippen LogP contribution in [0.25, 0.3) is 44.7 Å². The molecule has 288 valence electrons. The van der Waals surface area contributed by atoms with Gasteiger partial charge in [0.05, 0.1) is 47.1 Å². The number of hydrogen-bond acceptors (Lipinski definition) is 7. The third kappa shape index (κ3) is 6.42. The molecule has 3 aromatic heterocycles. The van der Waals surface area contributed by atoms with Crippen LogP contribution in [0.3, 0.4) is 0 Å². The second-order valence-corrected chi connectivity index (χ2v) is 17.7. The van der Waals surface area contributed by atoms with Gasteiger partial charge in [0.1, 0.15) is 28.6 Å². The van der Waals surface area contributed by atoms with Crippen LogP contribution >= 0.6 is 0 Å². The van der Waals surface area contributed by atoms with Crippen molar-refractivity contribution >= 4 is 23.1 Å². The van der Waals surface area contributed by atoms with E-state index in [1.807, 2.05) is 58.8 Å². The van der Waals surface area contributed by atoms with E-state index < -0.39 is 11.2 Å². The number of amides is 2. The second-order valence-electron chi connectivity index (χ2n) is 17.7. The summed E-state index contributed by atoms with van der Waals surface area (Å²) < 4.78 is 20.4. The van der Waals surface area contributed by atoms with Crippen molar-refractivity contribution in [1.82, 2.24) is 34.3 Å². The van der Waals surface area contributed by atoms with Crippen molar-refractivity contribution in [1.29, 1.82) is 0 Å². The number of nitrogens with zero attached hydrogens (tertiary/aromatic N) is 5. The summed E-state index contributed by atoms with van der Waals surface area (Å²) in [5.41, 5.74) is 5.87. The van der Waals surface area contributed by atoms with Gasteiger partial charge in [-0.1, -0.05) is 12.1 Å². The number of aromatic amines is 2. The maximum Gasteiger partial charge on any atom is 0.411 e. The van der Waals surface area contributed by atoms with Crippen molar-refractivity contribution in [3.05, 3.63) is 66.5 Å². The number of likely N-dealkylation sites (tertiary alicyclic amines) is 1. The van der Waals surface area contributed by atoms with Crippen molar-refractivity contribution in [2.24, 2.45) is 5.92 Å². The molecule has 2 bridgehead atoms. The van der Waals surface area contributed by atoms with Crippen LogP contribution in [0.4, 0.5) is 9.59 Å². The lowest BCUT2D eigenvalue weighted by atomic mass is 9.74. The molecule has 3 atom stereocenters. The molecule has 1 aliphatic carbocycles. The number of rotatable bonds is 4. The highest BCUT2D eigenvalue weighted by molar-refractivity contribution is 5.92. The summed E-state index contributed by atoms with van der Waals surface area (Å²) in [7, 11) is 0. The highest BCUT2D eigenvalue weighted by Gasteiger charge is 2.47. The first-order valence-corrected chi connectivity index (χ1v) is 19.8. The summed E-state index contributed by atoms with van der Waals surface area (Å²) in [6, 6.07) is 14.9. The van der Waals surface area contributed by atoms with E-state index in [4.69, 9.17) is 24.2 Å². The van der Waals surface area contributed by atoms with Gasteiger partial charge in [0.2, 0.25) is 0 Å². The van der Waals surface area contributed by atoms with Crippen molar-refractivity contribution in [2.45, 2.75) is 123 Å². The molecule has 2 amide bonds. The molecule has 3 saturated heterocycles. The van der Waals surface area contributed by atoms with E-state index in [1.165, 1.54) is 0 Å². The Hall–Kier alpha value is -5.26. The molecule has 7 heterocycles. The minimum Gasteiger partial charge on any atom is -0.470 e. The normalized spacial score (nSPS) is 23.4. The summed E-state index contributed by atoms with van der Waals surface area (Å²) in [6.45, 7) is 14.1. The van der Waals surface area contributed by atoms with Gasteiger partial charge in [-0.25, -0.2) is 19.6 Å². The van der Waals surface area contributed by atoms with Crippen LogP contribution in [0.1, 0.15) is 117 Å². The van der Waals surface area contributed by atoms with Gasteiger partial charge in [-0.05, 0) is 123 Å². The number of H-pyrrole nitrogens is 2. The number of carbonyl (C=O) groups excluding carboxylic acids is 2. The van der Waals surface area contributed by atoms with Crippen molar-refractivity contribution in [3.63, 3.8) is 0 Å². The van der Waals surface area contributed by atoms with Crippen LogP contribution in [-0.4, -0.2) is 70.3 Å². The summed E-state index contributed by atoms with van der Waals surface area (Å²) >= 11 is 0. The zero-order chi connectivity index (χ0) is 38.4. The minimum atomic E-state index is -0.561. The van der Waals surface area contributed by atoms with Gasteiger partial charge >= 0.3 is 12.2 Å². The molecule has 2 aromatic carbocycles. The monoisotopic (exact) mass is 745 g/mol. The molecule has 10 rings (SSSR count). The van der Waals surface area contributed by atoms with Crippen molar-refractivity contribution < 1.29 is 23.8 Å². The fourth-order valence-electron chi connectivity index (χ4n) is 9.20. The van der Waals surface area contributed by atoms with Crippen LogP contribution < -0.4 is 4.74 Å². The van der Waals surface area contributed by atoms with Gasteiger partial charge in [0, 0.05) is 34.7 Å². The molecular formula is C43H51N7O5. The first-order valence-electron chi connectivity index (χ1n) is 19.8. The number of aromatic nitrogens is 5. The second kappa shape index (κ2) is 12.9. The van der Waals surface area contributed by atoms with Crippen LogP contribution in [0.2, 0.25) is 0 Å². The number of imidazole rings is 2. The Kier molecular flexibility index (Phi) is 8.32. The van der Waals surface area contributed by atoms with Gasteiger partial charge in [-0.2, -0.15) is 0 Å². The lowest BCUT2D eigenvalue weighted by Gasteiger charge is -2.50. The predicted molar refractivity (Wildman–Crippen MR) is 209 cm³/mol. The fraction of sp³-hybridized carbons (Fsp3) is 0.488. The first kappa shape index (κ1) is 35.4. The molecule has 55 heavy (non-hydrogen) atoms. The molecule has 1 saturated carbocycles. The van der Waals surface area contributed by atoms with E-state index in [0.717, 1.165) is 101 Å². The molecule has 12 nitrogen and oxygen atoms in total. The lowest BCUT2D eigenvalue weighted by molar-refractivity contribution is -0.0439. The average molecular weight is 746 g/mol. The van der Waals surface area contributed by atoms with Crippen LogP contribution in [0.5, 0.6) is 5.75 Å². The Bertz CT molecular complexity index is 2280. The Morgan fingerprint density at radius 3 is 2.18 bits per heavy atom. The highest BCUT2D eigenvalue weighted by Crippen LogP contribution is 2.48. The van der Waals surface area contributed by atoms with Gasteiger partial charge in [-0.15, -0.1) is 0 Å². The molecule has 0 radical (unpaired) electrons. The third-order valence-corrected chi connectivity index (χ3v) is 11.5. The maximum atomic E-state index is 13.5.